The Balaban J connectivity index is 1.93. The van der Waals surface area contributed by atoms with Crippen molar-refractivity contribution in [3.63, 3.8) is 0 Å². The second-order valence-corrected chi connectivity index (χ2v) is 7.41. The number of aliphatic hydroxyl groups excluding tert-OH is 1. The Kier molecular flexibility index (Phi) is 2.90. The van der Waals surface area contributed by atoms with E-state index in [1.165, 1.54) is 0 Å². The van der Waals surface area contributed by atoms with E-state index in [2.05, 4.69) is 10.2 Å². The van der Waals surface area contributed by atoms with E-state index in [1.807, 2.05) is 4.57 Å². The molecule has 3 heterocycles. The molecule has 2 atom stereocenters. The van der Waals surface area contributed by atoms with E-state index in [9.17, 15) is 13.5 Å². The zero-order valence-corrected chi connectivity index (χ0v) is 10.9. The molecule has 0 bridgehead atoms. The van der Waals surface area contributed by atoms with E-state index in [1.54, 1.807) is 0 Å². The number of hydrogen-bond donors (Lipinski definition) is 1. The molecule has 0 aromatic carbocycles. The first kappa shape index (κ1) is 12.1. The second kappa shape index (κ2) is 4.31. The summed E-state index contributed by atoms with van der Waals surface area (Å²) in [6.07, 6.45) is 2.57. The lowest BCUT2D eigenvalue weighted by Crippen LogP contribution is -2.27. The van der Waals surface area contributed by atoms with Crippen molar-refractivity contribution in [2.24, 2.45) is 0 Å². The number of hydrogen-bond acceptors (Lipinski definition) is 5. The summed E-state index contributed by atoms with van der Waals surface area (Å²) in [5.74, 6) is 1.73. The van der Waals surface area contributed by atoms with Crippen molar-refractivity contribution in [2.75, 3.05) is 11.5 Å². The van der Waals surface area contributed by atoms with Crippen LogP contribution >= 0.6 is 0 Å². The maximum Gasteiger partial charge on any atom is 0.161 e. The van der Waals surface area contributed by atoms with Crippen LogP contribution in [0.1, 0.15) is 49.4 Å². The van der Waals surface area contributed by atoms with E-state index >= 15 is 0 Å². The Morgan fingerprint density at radius 3 is 2.72 bits per heavy atom. The van der Waals surface area contributed by atoms with Crippen LogP contribution in [0.4, 0.5) is 0 Å². The van der Waals surface area contributed by atoms with Gasteiger partial charge < -0.3 is 9.67 Å². The molecule has 0 aliphatic carbocycles. The van der Waals surface area contributed by atoms with Crippen molar-refractivity contribution in [1.82, 2.24) is 14.8 Å². The molecule has 0 spiro atoms. The van der Waals surface area contributed by atoms with E-state index in [-0.39, 0.29) is 17.4 Å². The molecule has 100 valence electrons. The third-order valence-electron chi connectivity index (χ3n) is 3.79. The van der Waals surface area contributed by atoms with Gasteiger partial charge in [-0.15, -0.1) is 10.2 Å². The Hall–Kier alpha value is -0.950. The van der Waals surface area contributed by atoms with Gasteiger partial charge in [-0.05, 0) is 25.7 Å². The molecule has 1 aromatic rings. The van der Waals surface area contributed by atoms with E-state index in [4.69, 9.17) is 0 Å². The highest BCUT2D eigenvalue weighted by molar-refractivity contribution is 7.91. The molecule has 2 aliphatic heterocycles. The standard InChI is InChI=1S/C11H17N3O3S/c15-9-4-1-5-14-10(12-13-11(9)14)8-3-2-6-18(16,17)7-8/h8-9,15H,1-7H2. The predicted molar refractivity (Wildman–Crippen MR) is 64.8 cm³/mol. The molecule has 0 saturated carbocycles. The Bertz CT molecular complexity index is 552. The van der Waals surface area contributed by atoms with Gasteiger partial charge >= 0.3 is 0 Å². The van der Waals surface area contributed by atoms with E-state index < -0.39 is 15.9 Å². The van der Waals surface area contributed by atoms with E-state index in [0.717, 1.165) is 25.2 Å². The number of aliphatic hydroxyl groups is 1. The van der Waals surface area contributed by atoms with Crippen LogP contribution in [0.25, 0.3) is 0 Å². The summed E-state index contributed by atoms with van der Waals surface area (Å²) in [7, 11) is -2.94. The molecule has 18 heavy (non-hydrogen) atoms. The van der Waals surface area contributed by atoms with Crippen LogP contribution in [0, 0.1) is 0 Å². The smallest absolute Gasteiger partial charge is 0.161 e. The fourth-order valence-electron chi connectivity index (χ4n) is 2.90. The van der Waals surface area contributed by atoms with Gasteiger partial charge in [-0.2, -0.15) is 0 Å². The van der Waals surface area contributed by atoms with Crippen LogP contribution in [0.5, 0.6) is 0 Å². The van der Waals surface area contributed by atoms with Gasteiger partial charge in [-0.25, -0.2) is 8.42 Å². The molecule has 2 aliphatic rings. The molecular weight excluding hydrogens is 254 g/mol. The molecule has 0 radical (unpaired) electrons. The third kappa shape index (κ3) is 2.05. The molecule has 2 unspecified atom stereocenters. The fourth-order valence-corrected chi connectivity index (χ4v) is 4.61. The first-order chi connectivity index (χ1) is 8.57. The van der Waals surface area contributed by atoms with Gasteiger partial charge in [0.05, 0.1) is 11.5 Å². The summed E-state index contributed by atoms with van der Waals surface area (Å²) in [5.41, 5.74) is 0. The van der Waals surface area contributed by atoms with Crippen molar-refractivity contribution in [3.05, 3.63) is 11.6 Å². The highest BCUT2D eigenvalue weighted by atomic mass is 32.2. The van der Waals surface area contributed by atoms with Crippen molar-refractivity contribution in [3.8, 4) is 0 Å². The largest absolute Gasteiger partial charge is 0.385 e. The van der Waals surface area contributed by atoms with Gasteiger partial charge in [-0.3, -0.25) is 0 Å². The average Bonchev–Trinajstić information content (AvgIpc) is 2.73. The monoisotopic (exact) mass is 271 g/mol. The van der Waals surface area contributed by atoms with Crippen LogP contribution in [0.3, 0.4) is 0 Å². The van der Waals surface area contributed by atoms with Gasteiger partial charge in [0, 0.05) is 12.5 Å². The molecule has 3 rings (SSSR count). The lowest BCUT2D eigenvalue weighted by molar-refractivity contribution is 0.132. The minimum Gasteiger partial charge on any atom is -0.385 e. The summed E-state index contributed by atoms with van der Waals surface area (Å²) in [6, 6.07) is 0. The van der Waals surface area contributed by atoms with Gasteiger partial charge in [0.2, 0.25) is 0 Å². The molecular formula is C11H17N3O3S. The fraction of sp³-hybridized carbons (Fsp3) is 0.818. The molecule has 1 saturated heterocycles. The number of sulfone groups is 1. The van der Waals surface area contributed by atoms with Crippen LogP contribution in [-0.4, -0.2) is 39.8 Å². The predicted octanol–water partition coefficient (Wildman–Crippen LogP) is 0.398. The summed E-state index contributed by atoms with van der Waals surface area (Å²) < 4.78 is 25.3. The van der Waals surface area contributed by atoms with Crippen molar-refractivity contribution < 1.29 is 13.5 Å². The average molecular weight is 271 g/mol. The summed E-state index contributed by atoms with van der Waals surface area (Å²) in [6.45, 7) is 0.783. The number of aromatic nitrogens is 3. The second-order valence-electron chi connectivity index (χ2n) is 5.18. The summed E-state index contributed by atoms with van der Waals surface area (Å²) in [5, 5.41) is 18.0. The Morgan fingerprint density at radius 2 is 1.94 bits per heavy atom. The van der Waals surface area contributed by atoms with Crippen molar-refractivity contribution in [2.45, 2.75) is 44.2 Å². The lowest BCUT2D eigenvalue weighted by Gasteiger charge is -2.24. The number of fused-ring (bicyclic) bond motifs is 1. The van der Waals surface area contributed by atoms with Crippen LogP contribution in [0.15, 0.2) is 0 Å². The zero-order chi connectivity index (χ0) is 12.8. The highest BCUT2D eigenvalue weighted by Crippen LogP contribution is 2.31. The first-order valence-corrected chi connectivity index (χ1v) is 8.20. The number of nitrogens with zero attached hydrogens (tertiary/aromatic N) is 3. The maximum atomic E-state index is 11.7. The number of rotatable bonds is 1. The van der Waals surface area contributed by atoms with Gasteiger partial charge in [0.1, 0.15) is 11.9 Å². The quantitative estimate of drug-likeness (QED) is 0.799. The van der Waals surface area contributed by atoms with Crippen LogP contribution < -0.4 is 0 Å². The molecule has 6 nitrogen and oxygen atoms in total. The van der Waals surface area contributed by atoms with Crippen molar-refractivity contribution >= 4 is 9.84 Å². The van der Waals surface area contributed by atoms with Crippen LogP contribution in [-0.2, 0) is 16.4 Å². The van der Waals surface area contributed by atoms with Gasteiger partial charge in [-0.1, -0.05) is 0 Å². The van der Waals surface area contributed by atoms with Gasteiger partial charge in [0.15, 0.2) is 15.7 Å². The van der Waals surface area contributed by atoms with Crippen molar-refractivity contribution in [1.29, 1.82) is 0 Å². The van der Waals surface area contributed by atoms with Gasteiger partial charge in [0.25, 0.3) is 0 Å². The summed E-state index contributed by atoms with van der Waals surface area (Å²) >= 11 is 0. The summed E-state index contributed by atoms with van der Waals surface area (Å²) in [4.78, 5) is 0. The van der Waals surface area contributed by atoms with Crippen LogP contribution in [0.2, 0.25) is 0 Å². The molecule has 7 heteroatoms. The lowest BCUT2D eigenvalue weighted by atomic mass is 10.0. The normalized spacial score (nSPS) is 30.9. The molecule has 1 N–H and O–H groups in total. The molecule has 1 aromatic heterocycles. The molecule has 1 fully saturated rings. The highest BCUT2D eigenvalue weighted by Gasteiger charge is 2.32. The minimum absolute atomic E-state index is 0.0599. The maximum absolute atomic E-state index is 11.7. The minimum atomic E-state index is -2.94. The molecule has 0 amide bonds. The zero-order valence-electron chi connectivity index (χ0n) is 10.1. The topological polar surface area (TPSA) is 85.1 Å². The first-order valence-electron chi connectivity index (χ1n) is 6.38. The third-order valence-corrected chi connectivity index (χ3v) is 5.61. The Labute approximate surface area is 106 Å². The SMILES string of the molecule is O=S1(=O)CCCC(c2nnc3n2CCCC3O)C1. The Morgan fingerprint density at radius 1 is 1.17 bits per heavy atom. The van der Waals surface area contributed by atoms with E-state index in [0.29, 0.717) is 18.7 Å².